The second-order valence-electron chi connectivity index (χ2n) is 3.46. The van der Waals surface area contributed by atoms with Gasteiger partial charge in [-0.15, -0.1) is 0 Å². The Morgan fingerprint density at radius 1 is 0.875 bits per heavy atom. The quantitative estimate of drug-likeness (QED) is 0.289. The third-order valence-corrected chi connectivity index (χ3v) is 1.90. The highest BCUT2D eigenvalue weighted by molar-refractivity contribution is 6.33. The SMILES string of the molecule is CCCCCC(=O)C(=O)OOC(=O)CCC. The largest absolute Gasteiger partial charge is 0.421 e. The lowest BCUT2D eigenvalue weighted by Crippen LogP contribution is -2.19. The van der Waals surface area contributed by atoms with E-state index in [2.05, 4.69) is 9.78 Å². The van der Waals surface area contributed by atoms with Crippen molar-refractivity contribution in [1.82, 2.24) is 0 Å². The van der Waals surface area contributed by atoms with E-state index in [1.54, 1.807) is 6.92 Å². The van der Waals surface area contributed by atoms with Crippen LogP contribution in [0.2, 0.25) is 0 Å². The molecule has 0 amide bonds. The molecule has 0 aliphatic rings. The topological polar surface area (TPSA) is 69.7 Å². The predicted octanol–water partition coefficient (Wildman–Crippen LogP) is 1.94. The monoisotopic (exact) mass is 230 g/mol. The van der Waals surface area contributed by atoms with Crippen LogP contribution in [0, 0.1) is 0 Å². The Hall–Kier alpha value is -1.39. The van der Waals surface area contributed by atoms with Gasteiger partial charge in [0.1, 0.15) is 0 Å². The zero-order chi connectivity index (χ0) is 12.4. The first-order valence-corrected chi connectivity index (χ1v) is 5.56. The summed E-state index contributed by atoms with van der Waals surface area (Å²) in [4.78, 5) is 41.2. The van der Waals surface area contributed by atoms with Gasteiger partial charge in [0, 0.05) is 12.8 Å². The molecule has 0 heterocycles. The van der Waals surface area contributed by atoms with Gasteiger partial charge in [-0.25, -0.2) is 19.4 Å². The van der Waals surface area contributed by atoms with Crippen molar-refractivity contribution in [2.45, 2.75) is 52.4 Å². The fraction of sp³-hybridized carbons (Fsp3) is 0.727. The molecule has 0 spiro atoms. The van der Waals surface area contributed by atoms with E-state index in [0.29, 0.717) is 12.8 Å². The van der Waals surface area contributed by atoms with Gasteiger partial charge >= 0.3 is 11.9 Å². The van der Waals surface area contributed by atoms with Crippen LogP contribution < -0.4 is 0 Å². The molecule has 0 atom stereocenters. The van der Waals surface area contributed by atoms with Crippen LogP contribution in [-0.2, 0) is 24.2 Å². The molecule has 5 nitrogen and oxygen atoms in total. The molecule has 0 unspecified atom stereocenters. The van der Waals surface area contributed by atoms with Gasteiger partial charge in [0.25, 0.3) is 0 Å². The molecule has 0 saturated carbocycles. The zero-order valence-corrected chi connectivity index (χ0v) is 9.78. The summed E-state index contributed by atoms with van der Waals surface area (Å²) in [6, 6.07) is 0. The molecular formula is C11H18O5. The van der Waals surface area contributed by atoms with E-state index in [4.69, 9.17) is 0 Å². The molecule has 0 fully saturated rings. The van der Waals surface area contributed by atoms with Crippen LogP contribution in [0.5, 0.6) is 0 Å². The number of hydrogen-bond donors (Lipinski definition) is 0. The minimum Gasteiger partial charge on any atom is -0.287 e. The lowest BCUT2D eigenvalue weighted by Gasteiger charge is -2.01. The second-order valence-corrected chi connectivity index (χ2v) is 3.46. The maximum Gasteiger partial charge on any atom is 0.421 e. The van der Waals surface area contributed by atoms with Gasteiger partial charge in [-0.3, -0.25) is 4.79 Å². The minimum absolute atomic E-state index is 0.137. The van der Waals surface area contributed by atoms with Crippen LogP contribution in [0.1, 0.15) is 52.4 Å². The van der Waals surface area contributed by atoms with Gasteiger partial charge in [-0.05, 0) is 12.8 Å². The van der Waals surface area contributed by atoms with Crippen molar-refractivity contribution in [3.05, 3.63) is 0 Å². The molecule has 0 aromatic heterocycles. The standard InChI is InChI=1S/C11H18O5/c1-3-5-6-8-9(12)11(14)16-15-10(13)7-4-2/h3-8H2,1-2H3. The van der Waals surface area contributed by atoms with Gasteiger partial charge in [0.05, 0.1) is 0 Å². The third-order valence-electron chi connectivity index (χ3n) is 1.90. The summed E-state index contributed by atoms with van der Waals surface area (Å²) >= 11 is 0. The van der Waals surface area contributed by atoms with Crippen molar-refractivity contribution in [3.8, 4) is 0 Å². The molecule has 0 aromatic rings. The number of rotatable bonds is 7. The molecule has 0 bridgehead atoms. The van der Waals surface area contributed by atoms with Crippen molar-refractivity contribution in [3.63, 3.8) is 0 Å². The van der Waals surface area contributed by atoms with Gasteiger partial charge < -0.3 is 0 Å². The maximum atomic E-state index is 11.1. The van der Waals surface area contributed by atoms with E-state index < -0.39 is 17.7 Å². The van der Waals surface area contributed by atoms with Crippen molar-refractivity contribution < 1.29 is 24.2 Å². The Morgan fingerprint density at radius 3 is 2.12 bits per heavy atom. The zero-order valence-electron chi connectivity index (χ0n) is 9.78. The number of unbranched alkanes of at least 4 members (excludes halogenated alkanes) is 2. The Morgan fingerprint density at radius 2 is 1.56 bits per heavy atom. The normalized spacial score (nSPS) is 9.62. The molecule has 0 saturated heterocycles. The maximum absolute atomic E-state index is 11.1. The van der Waals surface area contributed by atoms with Crippen LogP contribution in [0.15, 0.2) is 0 Å². The van der Waals surface area contributed by atoms with Crippen LogP contribution in [0.4, 0.5) is 0 Å². The van der Waals surface area contributed by atoms with E-state index >= 15 is 0 Å². The van der Waals surface area contributed by atoms with Crippen LogP contribution in [0.25, 0.3) is 0 Å². The van der Waals surface area contributed by atoms with Crippen molar-refractivity contribution in [1.29, 1.82) is 0 Å². The first-order valence-electron chi connectivity index (χ1n) is 5.56. The summed E-state index contributed by atoms with van der Waals surface area (Å²) in [6.45, 7) is 3.79. The van der Waals surface area contributed by atoms with Gasteiger partial charge in [0.2, 0.25) is 5.78 Å². The average molecular weight is 230 g/mol. The molecule has 0 radical (unpaired) electrons. The highest BCUT2D eigenvalue weighted by Gasteiger charge is 2.17. The molecule has 5 heteroatoms. The highest BCUT2D eigenvalue weighted by Crippen LogP contribution is 2.01. The summed E-state index contributed by atoms with van der Waals surface area (Å²) in [6.07, 6.45) is 3.39. The predicted molar refractivity (Wildman–Crippen MR) is 56.2 cm³/mol. The van der Waals surface area contributed by atoms with E-state index in [1.165, 1.54) is 0 Å². The molecular weight excluding hydrogens is 212 g/mol. The number of ketones is 1. The Labute approximate surface area is 95.0 Å². The Kier molecular flexibility index (Phi) is 8.11. The molecule has 0 aliphatic heterocycles. The van der Waals surface area contributed by atoms with Crippen molar-refractivity contribution >= 4 is 17.7 Å². The first kappa shape index (κ1) is 14.6. The van der Waals surface area contributed by atoms with E-state index in [9.17, 15) is 14.4 Å². The van der Waals surface area contributed by atoms with Gasteiger partial charge in [-0.1, -0.05) is 26.7 Å². The third kappa shape index (κ3) is 6.98. The number of Topliss-reactive ketones (excluding diaryl/α,β-unsaturated/α-hetero) is 1. The lowest BCUT2D eigenvalue weighted by atomic mass is 10.1. The number of carbonyl (C=O) groups excluding carboxylic acids is 3. The molecule has 0 N–H and O–H groups in total. The van der Waals surface area contributed by atoms with E-state index in [0.717, 1.165) is 12.8 Å². The molecule has 0 aliphatic carbocycles. The van der Waals surface area contributed by atoms with Crippen molar-refractivity contribution in [2.75, 3.05) is 0 Å². The fourth-order valence-electron chi connectivity index (χ4n) is 1.01. The molecule has 0 rings (SSSR count). The first-order chi connectivity index (χ1) is 7.61. The average Bonchev–Trinajstić information content (AvgIpc) is 2.26. The Bertz CT molecular complexity index is 247. The Balaban J connectivity index is 3.71. The van der Waals surface area contributed by atoms with Crippen LogP contribution >= 0.6 is 0 Å². The fourth-order valence-corrected chi connectivity index (χ4v) is 1.01. The van der Waals surface area contributed by atoms with Crippen LogP contribution in [0.3, 0.4) is 0 Å². The second kappa shape index (κ2) is 8.88. The summed E-state index contributed by atoms with van der Waals surface area (Å²) in [7, 11) is 0. The van der Waals surface area contributed by atoms with E-state index in [1.807, 2.05) is 6.92 Å². The lowest BCUT2D eigenvalue weighted by molar-refractivity contribution is -0.256. The smallest absolute Gasteiger partial charge is 0.287 e. The minimum atomic E-state index is -1.10. The van der Waals surface area contributed by atoms with Crippen LogP contribution in [-0.4, -0.2) is 17.7 Å². The summed E-state index contributed by atoms with van der Waals surface area (Å²) < 4.78 is 0. The highest BCUT2D eigenvalue weighted by atomic mass is 17.2. The van der Waals surface area contributed by atoms with Gasteiger partial charge in [-0.2, -0.15) is 0 Å². The summed E-state index contributed by atoms with van der Waals surface area (Å²) in [5, 5.41) is 0. The molecule has 0 aromatic carbocycles. The van der Waals surface area contributed by atoms with Gasteiger partial charge in [0.15, 0.2) is 0 Å². The number of carbonyl (C=O) groups is 3. The molecule has 16 heavy (non-hydrogen) atoms. The van der Waals surface area contributed by atoms with E-state index in [-0.39, 0.29) is 12.8 Å². The summed E-state index contributed by atoms with van der Waals surface area (Å²) in [5.74, 6) is -2.39. The summed E-state index contributed by atoms with van der Waals surface area (Å²) in [5.41, 5.74) is 0. The van der Waals surface area contributed by atoms with Crippen molar-refractivity contribution in [2.24, 2.45) is 0 Å². The molecule has 92 valence electrons. The number of hydrogen-bond acceptors (Lipinski definition) is 5.